The van der Waals surface area contributed by atoms with Crippen molar-refractivity contribution in [2.75, 3.05) is 30.3 Å². The second kappa shape index (κ2) is 11.2. The molecule has 5 rings (SSSR count). The number of nitrogens with two attached hydrogens (primary N) is 1. The average molecular weight is 566 g/mol. The van der Waals surface area contributed by atoms with Gasteiger partial charge >= 0.3 is 0 Å². The van der Waals surface area contributed by atoms with E-state index < -0.39 is 0 Å². The number of hydrogen-bond donors (Lipinski definition) is 3. The van der Waals surface area contributed by atoms with Gasteiger partial charge in [-0.1, -0.05) is 41.7 Å². The molecule has 0 radical (unpaired) electrons. The Labute approximate surface area is 231 Å². The summed E-state index contributed by atoms with van der Waals surface area (Å²) in [5, 5.41) is 8.07. The molecule has 37 heavy (non-hydrogen) atoms. The average Bonchev–Trinajstić information content (AvgIpc) is 3.23. The predicted molar refractivity (Wildman–Crippen MR) is 149 cm³/mol. The van der Waals surface area contributed by atoms with Crippen LogP contribution in [0.4, 0.5) is 17.6 Å². The zero-order chi connectivity index (χ0) is 26.1. The highest BCUT2D eigenvalue weighted by Crippen LogP contribution is 2.40. The second-order valence-electron chi connectivity index (χ2n) is 9.86. The van der Waals surface area contributed by atoms with Crippen molar-refractivity contribution in [1.82, 2.24) is 24.4 Å². The highest BCUT2D eigenvalue weighted by atomic mass is 35.5. The number of benzene rings is 1. The molecule has 1 atom stereocenters. The van der Waals surface area contributed by atoms with Crippen LogP contribution in [0.3, 0.4) is 0 Å². The fourth-order valence-corrected chi connectivity index (χ4v) is 6.34. The van der Waals surface area contributed by atoms with Crippen LogP contribution >= 0.6 is 34.8 Å². The molecule has 1 saturated carbocycles. The number of halogens is 3. The molecule has 1 saturated heterocycles. The molecule has 4 N–H and O–H groups in total. The summed E-state index contributed by atoms with van der Waals surface area (Å²) in [6.07, 6.45) is 6.94. The van der Waals surface area contributed by atoms with E-state index in [1.54, 1.807) is 18.3 Å². The van der Waals surface area contributed by atoms with Crippen LogP contribution in [0, 0.1) is 5.92 Å². The van der Waals surface area contributed by atoms with Crippen molar-refractivity contribution >= 4 is 69.5 Å². The number of nitrogens with one attached hydrogen (secondary N) is 2. The third-order valence-corrected chi connectivity index (χ3v) is 8.24. The van der Waals surface area contributed by atoms with Gasteiger partial charge in [0.2, 0.25) is 17.8 Å². The number of rotatable bonds is 7. The molecule has 1 amide bonds. The minimum atomic E-state index is -0.241. The van der Waals surface area contributed by atoms with Gasteiger partial charge in [-0.25, -0.2) is 9.97 Å². The van der Waals surface area contributed by atoms with E-state index in [0.717, 1.165) is 45.3 Å². The Kier molecular flexibility index (Phi) is 7.95. The van der Waals surface area contributed by atoms with Crippen LogP contribution < -0.4 is 16.4 Å². The number of likely N-dealkylation sites (tertiary alicyclic amines) is 1. The monoisotopic (exact) mass is 564 g/mol. The maximum absolute atomic E-state index is 11.8. The Bertz CT molecular complexity index is 1270. The van der Waals surface area contributed by atoms with E-state index in [1.165, 1.54) is 0 Å². The van der Waals surface area contributed by atoms with Crippen molar-refractivity contribution < 1.29 is 4.79 Å². The Morgan fingerprint density at radius 3 is 2.51 bits per heavy atom. The third-order valence-electron chi connectivity index (χ3n) is 7.43. The molecule has 1 aliphatic carbocycles. The molecule has 12 heteroatoms. The van der Waals surface area contributed by atoms with Crippen LogP contribution in [-0.4, -0.2) is 56.0 Å². The summed E-state index contributed by atoms with van der Waals surface area (Å²) in [5.41, 5.74) is 7.47. The zero-order valence-corrected chi connectivity index (χ0v) is 23.0. The number of fused-ring (bicyclic) bond motifs is 1. The molecule has 0 spiro atoms. The number of primary amides is 1. The lowest BCUT2D eigenvalue weighted by Crippen LogP contribution is -2.42. The van der Waals surface area contributed by atoms with Crippen LogP contribution in [0.25, 0.3) is 11.2 Å². The van der Waals surface area contributed by atoms with E-state index in [2.05, 4.69) is 32.0 Å². The van der Waals surface area contributed by atoms with Crippen molar-refractivity contribution in [3.8, 4) is 0 Å². The van der Waals surface area contributed by atoms with Gasteiger partial charge in [0, 0.05) is 29.6 Å². The summed E-state index contributed by atoms with van der Waals surface area (Å²) in [7, 11) is 0. The fraction of sp³-hybridized carbons (Fsp3) is 0.520. The lowest BCUT2D eigenvalue weighted by Gasteiger charge is -2.32. The fourth-order valence-electron chi connectivity index (χ4n) is 5.43. The number of piperidine rings is 1. The largest absolute Gasteiger partial charge is 0.369 e. The van der Waals surface area contributed by atoms with Gasteiger partial charge in [0.1, 0.15) is 5.52 Å². The number of anilines is 3. The number of aromatic nitrogens is 4. The molecule has 1 aromatic carbocycles. The SMILES string of the molecule is CCN1CCCC(Nc2ncc3nc(Nc4c(Cl)cc(Cl)cc4Cl)n(C4CCC(C(N)=O)CC4)c3n2)C1. The summed E-state index contributed by atoms with van der Waals surface area (Å²) in [5.74, 6) is 0.790. The normalized spacial score (nSPS) is 22.8. The van der Waals surface area contributed by atoms with Gasteiger partial charge in [0.05, 0.1) is 21.9 Å². The van der Waals surface area contributed by atoms with Crippen molar-refractivity contribution in [1.29, 1.82) is 0 Å². The molecule has 1 unspecified atom stereocenters. The maximum Gasteiger partial charge on any atom is 0.225 e. The third kappa shape index (κ3) is 5.74. The molecule has 3 aromatic rings. The molecular formula is C25H31Cl3N8O. The van der Waals surface area contributed by atoms with Crippen molar-refractivity contribution in [3.05, 3.63) is 33.4 Å². The Morgan fingerprint density at radius 2 is 1.84 bits per heavy atom. The summed E-state index contributed by atoms with van der Waals surface area (Å²) in [4.78, 5) is 28.5. The summed E-state index contributed by atoms with van der Waals surface area (Å²) in [6, 6.07) is 3.63. The highest BCUT2D eigenvalue weighted by molar-refractivity contribution is 6.41. The summed E-state index contributed by atoms with van der Waals surface area (Å²) >= 11 is 19.1. The summed E-state index contributed by atoms with van der Waals surface area (Å²) in [6.45, 7) is 5.31. The molecule has 2 fully saturated rings. The highest BCUT2D eigenvalue weighted by Gasteiger charge is 2.30. The van der Waals surface area contributed by atoms with Gasteiger partial charge in [0.25, 0.3) is 0 Å². The van der Waals surface area contributed by atoms with E-state index in [0.29, 0.717) is 56.7 Å². The van der Waals surface area contributed by atoms with E-state index in [4.69, 9.17) is 50.5 Å². The molecule has 2 aromatic heterocycles. The number of imidazole rings is 1. The Hall–Kier alpha value is -2.33. The van der Waals surface area contributed by atoms with Crippen LogP contribution in [0.5, 0.6) is 0 Å². The molecule has 9 nitrogen and oxygen atoms in total. The number of likely N-dealkylation sites (N-methyl/N-ethyl adjacent to an activating group) is 1. The maximum atomic E-state index is 11.8. The standard InChI is InChI=1S/C25H31Cl3N8O/c1-2-35-9-3-4-16(13-35)31-24-30-12-20-23(34-24)36(17-7-5-14(6-8-17)22(29)37)25(32-20)33-21-18(27)10-15(26)11-19(21)28/h10-12,14,16-17H,2-9,13H2,1H3,(H2,29,37)(H,32,33)(H,30,31,34). The number of carbonyl (C=O) groups excluding carboxylic acids is 1. The molecule has 1 aliphatic heterocycles. The van der Waals surface area contributed by atoms with E-state index >= 15 is 0 Å². The van der Waals surface area contributed by atoms with E-state index in [9.17, 15) is 4.79 Å². The van der Waals surface area contributed by atoms with E-state index in [-0.39, 0.29) is 23.9 Å². The van der Waals surface area contributed by atoms with Gasteiger partial charge in [-0.15, -0.1) is 0 Å². The first-order valence-corrected chi connectivity index (χ1v) is 13.9. The minimum absolute atomic E-state index is 0.0703. The van der Waals surface area contributed by atoms with Gasteiger partial charge < -0.3 is 21.3 Å². The van der Waals surface area contributed by atoms with Crippen LogP contribution in [0.1, 0.15) is 51.5 Å². The van der Waals surface area contributed by atoms with E-state index in [1.807, 2.05) is 0 Å². The van der Waals surface area contributed by atoms with Gasteiger partial charge in [0.15, 0.2) is 5.65 Å². The summed E-state index contributed by atoms with van der Waals surface area (Å²) < 4.78 is 2.08. The minimum Gasteiger partial charge on any atom is -0.369 e. The van der Waals surface area contributed by atoms with Crippen LogP contribution in [0.15, 0.2) is 18.3 Å². The smallest absolute Gasteiger partial charge is 0.225 e. The molecule has 0 bridgehead atoms. The van der Waals surface area contributed by atoms with Gasteiger partial charge in [-0.05, 0) is 63.7 Å². The zero-order valence-electron chi connectivity index (χ0n) is 20.7. The lowest BCUT2D eigenvalue weighted by molar-refractivity contribution is -0.122. The Morgan fingerprint density at radius 1 is 1.11 bits per heavy atom. The first-order valence-electron chi connectivity index (χ1n) is 12.8. The van der Waals surface area contributed by atoms with Gasteiger partial charge in [-0.2, -0.15) is 4.98 Å². The predicted octanol–water partition coefficient (Wildman–Crippen LogP) is 5.64. The molecule has 2 aliphatic rings. The molecule has 3 heterocycles. The second-order valence-corrected chi connectivity index (χ2v) is 11.1. The molecular weight excluding hydrogens is 535 g/mol. The number of hydrogen-bond acceptors (Lipinski definition) is 7. The first kappa shape index (κ1) is 26.3. The molecule has 198 valence electrons. The van der Waals surface area contributed by atoms with Gasteiger partial charge in [-0.3, -0.25) is 9.36 Å². The lowest BCUT2D eigenvalue weighted by atomic mass is 9.85. The van der Waals surface area contributed by atoms with Crippen LogP contribution in [0.2, 0.25) is 15.1 Å². The number of amides is 1. The van der Waals surface area contributed by atoms with Crippen molar-refractivity contribution in [3.63, 3.8) is 0 Å². The van der Waals surface area contributed by atoms with Crippen molar-refractivity contribution in [2.45, 2.75) is 57.5 Å². The Balaban J connectivity index is 1.50. The quantitative estimate of drug-likeness (QED) is 0.339. The first-order chi connectivity index (χ1) is 17.8. The number of carbonyl (C=O) groups is 1. The van der Waals surface area contributed by atoms with Crippen molar-refractivity contribution in [2.24, 2.45) is 11.7 Å². The topological polar surface area (TPSA) is 114 Å². The van der Waals surface area contributed by atoms with Crippen LogP contribution in [-0.2, 0) is 4.79 Å². The number of nitrogens with zero attached hydrogens (tertiary/aromatic N) is 5.